The number of aromatic nitrogens is 2. The number of hydrogen-bond donors (Lipinski definition) is 1. The van der Waals surface area contributed by atoms with Crippen molar-refractivity contribution in [3.05, 3.63) is 24.3 Å². The highest BCUT2D eigenvalue weighted by Gasteiger charge is 2.40. The number of aliphatic hydroxyl groups excluding tert-OH is 1. The van der Waals surface area contributed by atoms with Crippen molar-refractivity contribution in [2.24, 2.45) is 0 Å². The minimum Gasteiger partial charge on any atom is -0.384 e. The average molecular weight is 222 g/mol. The van der Waals surface area contributed by atoms with Crippen LogP contribution in [-0.4, -0.2) is 27.8 Å². The Kier molecular flexibility index (Phi) is 3.51. The van der Waals surface area contributed by atoms with Crippen molar-refractivity contribution < 1.29 is 9.84 Å². The van der Waals surface area contributed by atoms with Gasteiger partial charge in [-0.25, -0.2) is 0 Å². The summed E-state index contributed by atoms with van der Waals surface area (Å²) < 4.78 is 5.58. The van der Waals surface area contributed by atoms with Crippen molar-refractivity contribution >= 4 is 0 Å². The van der Waals surface area contributed by atoms with E-state index in [0.29, 0.717) is 5.69 Å². The second-order valence-electron chi connectivity index (χ2n) is 4.36. The van der Waals surface area contributed by atoms with Crippen molar-refractivity contribution in [1.29, 1.82) is 0 Å². The maximum Gasteiger partial charge on any atom is 0.126 e. The molecule has 1 saturated carbocycles. The van der Waals surface area contributed by atoms with Crippen LogP contribution >= 0.6 is 0 Å². The van der Waals surface area contributed by atoms with Gasteiger partial charge in [0.2, 0.25) is 0 Å². The Hall–Kier alpha value is -1.00. The molecular formula is C12H18N2O2. The van der Waals surface area contributed by atoms with E-state index in [9.17, 15) is 5.11 Å². The van der Waals surface area contributed by atoms with Crippen LogP contribution in [0.3, 0.4) is 0 Å². The van der Waals surface area contributed by atoms with Crippen molar-refractivity contribution in [3.63, 3.8) is 0 Å². The van der Waals surface area contributed by atoms with Crippen LogP contribution in [0, 0.1) is 0 Å². The first-order valence-corrected chi connectivity index (χ1v) is 5.78. The molecule has 1 atom stereocenters. The summed E-state index contributed by atoms with van der Waals surface area (Å²) in [5.41, 5.74) is 0.139. The molecule has 88 valence electrons. The number of nitrogens with zero attached hydrogens (tertiary/aromatic N) is 2. The molecule has 1 fully saturated rings. The summed E-state index contributed by atoms with van der Waals surface area (Å²) in [5.74, 6) is 0. The fraction of sp³-hybridized carbons (Fsp3) is 0.667. The van der Waals surface area contributed by atoms with E-state index in [1.165, 1.54) is 6.42 Å². The van der Waals surface area contributed by atoms with E-state index in [-0.39, 0.29) is 0 Å². The molecule has 4 heteroatoms. The zero-order valence-corrected chi connectivity index (χ0v) is 9.59. The largest absolute Gasteiger partial charge is 0.384 e. The summed E-state index contributed by atoms with van der Waals surface area (Å²) in [5, 5.41) is 10.4. The SMILES string of the molecule is COC1(C(O)c2cnccn2)CCCCC1. The molecule has 0 bridgehead atoms. The Morgan fingerprint density at radius 2 is 2.06 bits per heavy atom. The molecule has 2 rings (SSSR count). The highest BCUT2D eigenvalue weighted by atomic mass is 16.5. The topological polar surface area (TPSA) is 55.2 Å². The summed E-state index contributed by atoms with van der Waals surface area (Å²) in [6.45, 7) is 0. The fourth-order valence-corrected chi connectivity index (χ4v) is 2.46. The van der Waals surface area contributed by atoms with Gasteiger partial charge in [-0.05, 0) is 12.8 Å². The molecule has 1 unspecified atom stereocenters. The maximum atomic E-state index is 10.4. The molecule has 1 aliphatic carbocycles. The third kappa shape index (κ3) is 2.08. The molecule has 0 saturated heterocycles. The molecule has 0 radical (unpaired) electrons. The summed E-state index contributed by atoms with van der Waals surface area (Å²) in [4.78, 5) is 8.14. The molecule has 16 heavy (non-hydrogen) atoms. The van der Waals surface area contributed by atoms with Gasteiger partial charge >= 0.3 is 0 Å². The predicted octanol–water partition coefficient (Wildman–Crippen LogP) is 1.86. The van der Waals surface area contributed by atoms with Crippen molar-refractivity contribution in [2.45, 2.75) is 43.8 Å². The van der Waals surface area contributed by atoms with Gasteiger partial charge in [0.25, 0.3) is 0 Å². The molecule has 0 spiro atoms. The third-order valence-corrected chi connectivity index (χ3v) is 3.47. The minimum atomic E-state index is -0.675. The molecule has 0 amide bonds. The fourth-order valence-electron chi connectivity index (χ4n) is 2.46. The Morgan fingerprint density at radius 1 is 1.31 bits per heavy atom. The first-order valence-electron chi connectivity index (χ1n) is 5.78. The number of rotatable bonds is 3. The predicted molar refractivity (Wildman–Crippen MR) is 59.8 cm³/mol. The van der Waals surface area contributed by atoms with E-state index in [0.717, 1.165) is 25.7 Å². The van der Waals surface area contributed by atoms with E-state index >= 15 is 0 Å². The van der Waals surface area contributed by atoms with Crippen molar-refractivity contribution in [2.75, 3.05) is 7.11 Å². The van der Waals surface area contributed by atoms with Crippen molar-refractivity contribution in [1.82, 2.24) is 9.97 Å². The Labute approximate surface area is 95.7 Å². The van der Waals surface area contributed by atoms with E-state index in [1.807, 2.05) is 0 Å². The second-order valence-corrected chi connectivity index (χ2v) is 4.36. The molecular weight excluding hydrogens is 204 g/mol. The number of aliphatic hydroxyl groups is 1. The van der Waals surface area contributed by atoms with Crippen LogP contribution in [0.2, 0.25) is 0 Å². The second kappa shape index (κ2) is 4.89. The Balaban J connectivity index is 2.20. The molecule has 0 aromatic carbocycles. The van der Waals surface area contributed by atoms with E-state index in [1.54, 1.807) is 25.7 Å². The average Bonchev–Trinajstić information content (AvgIpc) is 2.39. The van der Waals surface area contributed by atoms with Gasteiger partial charge in [-0.1, -0.05) is 19.3 Å². The first-order chi connectivity index (χ1) is 7.78. The summed E-state index contributed by atoms with van der Waals surface area (Å²) in [6.07, 6.45) is 9.35. The quantitative estimate of drug-likeness (QED) is 0.848. The Morgan fingerprint density at radius 3 is 2.62 bits per heavy atom. The molecule has 1 heterocycles. The van der Waals surface area contributed by atoms with Crippen LogP contribution < -0.4 is 0 Å². The first kappa shape index (κ1) is 11.5. The zero-order chi connectivity index (χ0) is 11.4. The lowest BCUT2D eigenvalue weighted by Crippen LogP contribution is -2.40. The number of hydrogen-bond acceptors (Lipinski definition) is 4. The van der Waals surface area contributed by atoms with Crippen LogP contribution in [0.15, 0.2) is 18.6 Å². The van der Waals surface area contributed by atoms with E-state index in [2.05, 4.69) is 9.97 Å². The minimum absolute atomic E-state index is 0.464. The third-order valence-electron chi connectivity index (χ3n) is 3.47. The van der Waals surface area contributed by atoms with Gasteiger partial charge in [0.05, 0.1) is 17.5 Å². The molecule has 1 aromatic rings. The van der Waals surface area contributed by atoms with Crippen LogP contribution in [0.5, 0.6) is 0 Å². The van der Waals surface area contributed by atoms with Gasteiger partial charge in [0.15, 0.2) is 0 Å². The van der Waals surface area contributed by atoms with Gasteiger partial charge in [-0.2, -0.15) is 0 Å². The molecule has 4 nitrogen and oxygen atoms in total. The van der Waals surface area contributed by atoms with Crippen LogP contribution in [-0.2, 0) is 4.74 Å². The lowest BCUT2D eigenvalue weighted by molar-refractivity contribution is -0.126. The van der Waals surface area contributed by atoms with Crippen LogP contribution in [0.25, 0.3) is 0 Å². The summed E-state index contributed by atoms with van der Waals surface area (Å²) in [7, 11) is 1.67. The number of methoxy groups -OCH3 is 1. The van der Waals surface area contributed by atoms with E-state index < -0.39 is 11.7 Å². The highest BCUT2D eigenvalue weighted by molar-refractivity contribution is 5.07. The zero-order valence-electron chi connectivity index (χ0n) is 9.59. The molecule has 0 aliphatic heterocycles. The lowest BCUT2D eigenvalue weighted by atomic mass is 9.79. The Bertz CT molecular complexity index is 323. The monoisotopic (exact) mass is 222 g/mol. The van der Waals surface area contributed by atoms with Gasteiger partial charge in [-0.15, -0.1) is 0 Å². The van der Waals surface area contributed by atoms with Gasteiger partial charge < -0.3 is 9.84 Å². The van der Waals surface area contributed by atoms with E-state index in [4.69, 9.17) is 4.74 Å². The summed E-state index contributed by atoms with van der Waals surface area (Å²) >= 11 is 0. The summed E-state index contributed by atoms with van der Waals surface area (Å²) in [6, 6.07) is 0. The molecule has 1 N–H and O–H groups in total. The smallest absolute Gasteiger partial charge is 0.126 e. The van der Waals surface area contributed by atoms with Gasteiger partial charge in [-0.3, -0.25) is 9.97 Å². The van der Waals surface area contributed by atoms with Crippen LogP contribution in [0.4, 0.5) is 0 Å². The lowest BCUT2D eigenvalue weighted by Gasteiger charge is -2.39. The normalized spacial score (nSPS) is 21.6. The highest BCUT2D eigenvalue weighted by Crippen LogP contribution is 2.40. The number of ether oxygens (including phenoxy) is 1. The van der Waals surface area contributed by atoms with Crippen molar-refractivity contribution in [3.8, 4) is 0 Å². The van der Waals surface area contributed by atoms with Crippen LogP contribution in [0.1, 0.15) is 43.9 Å². The standard InChI is InChI=1S/C12H18N2O2/c1-16-12(5-3-2-4-6-12)11(15)10-9-13-7-8-14-10/h7-9,11,15H,2-6H2,1H3. The van der Waals surface area contributed by atoms with Gasteiger partial charge in [0.1, 0.15) is 6.10 Å². The van der Waals surface area contributed by atoms with Gasteiger partial charge in [0, 0.05) is 19.5 Å². The maximum absolute atomic E-state index is 10.4. The molecule has 1 aromatic heterocycles. The molecule has 1 aliphatic rings.